The number of unbranched alkanes of at least 4 members (excludes halogenated alkanes) is 2. The van der Waals surface area contributed by atoms with Crippen molar-refractivity contribution in [2.75, 3.05) is 6.54 Å². The van der Waals surface area contributed by atoms with Gasteiger partial charge in [-0.05, 0) is 18.9 Å². The monoisotopic (exact) mass is 332 g/mol. The topological polar surface area (TPSA) is 107 Å². The summed E-state index contributed by atoms with van der Waals surface area (Å²) in [7, 11) is 0. The summed E-state index contributed by atoms with van der Waals surface area (Å²) in [4.78, 5) is 45.6. The highest BCUT2D eigenvalue weighted by atomic mass is 16.6. The number of carbonyl (C=O) groups excluding carboxylic acids is 3. The molecular weight excluding hydrogens is 316 g/mol. The lowest BCUT2D eigenvalue weighted by Crippen LogP contribution is -2.30. The van der Waals surface area contributed by atoms with Crippen LogP contribution in [0.15, 0.2) is 36.4 Å². The average molecular weight is 332 g/mol. The number of ether oxygens (including phenoxy) is 1. The molecule has 0 aliphatic carbocycles. The van der Waals surface area contributed by atoms with Gasteiger partial charge in [-0.1, -0.05) is 12.5 Å². The highest BCUT2D eigenvalue weighted by Crippen LogP contribution is 2.19. The lowest BCUT2D eigenvalue weighted by atomic mass is 10.2. The molecule has 1 aliphatic heterocycles. The molecule has 0 saturated heterocycles. The summed E-state index contributed by atoms with van der Waals surface area (Å²) in [5, 5.41) is 10.6. The summed E-state index contributed by atoms with van der Waals surface area (Å²) >= 11 is 0. The van der Waals surface area contributed by atoms with E-state index in [2.05, 4.69) is 0 Å². The summed E-state index contributed by atoms with van der Waals surface area (Å²) in [5.41, 5.74) is -0.145. The van der Waals surface area contributed by atoms with E-state index < -0.39 is 10.9 Å². The fraction of sp³-hybridized carbons (Fsp3) is 0.312. The van der Waals surface area contributed by atoms with Gasteiger partial charge in [0.2, 0.25) is 0 Å². The van der Waals surface area contributed by atoms with Crippen LogP contribution in [0.5, 0.6) is 5.75 Å². The molecule has 24 heavy (non-hydrogen) atoms. The van der Waals surface area contributed by atoms with Crippen LogP contribution >= 0.6 is 0 Å². The number of benzene rings is 1. The number of nitro benzene ring substituents is 1. The number of amides is 2. The molecule has 0 radical (unpaired) electrons. The number of imide groups is 1. The van der Waals surface area contributed by atoms with Crippen molar-refractivity contribution in [3.8, 4) is 5.75 Å². The number of carbonyl (C=O) groups is 3. The Morgan fingerprint density at radius 2 is 1.83 bits per heavy atom. The predicted octanol–water partition coefficient (Wildman–Crippen LogP) is 1.99. The van der Waals surface area contributed by atoms with E-state index in [1.807, 2.05) is 0 Å². The molecule has 0 unspecified atom stereocenters. The normalized spacial score (nSPS) is 13.4. The SMILES string of the molecule is O=C(CCCCCN1C(=O)C=CC1=O)Oc1cccc([N+](=O)[O-])c1. The minimum atomic E-state index is -0.562. The molecule has 1 aliphatic rings. The average Bonchev–Trinajstić information content (AvgIpc) is 2.86. The second-order valence-corrected chi connectivity index (χ2v) is 5.20. The van der Waals surface area contributed by atoms with Gasteiger partial charge < -0.3 is 4.74 Å². The van der Waals surface area contributed by atoms with E-state index in [1.54, 1.807) is 0 Å². The van der Waals surface area contributed by atoms with Crippen LogP contribution in [0.3, 0.4) is 0 Å². The molecule has 0 atom stereocenters. The molecule has 2 rings (SSSR count). The van der Waals surface area contributed by atoms with Gasteiger partial charge in [0, 0.05) is 31.2 Å². The van der Waals surface area contributed by atoms with Gasteiger partial charge in [-0.2, -0.15) is 0 Å². The number of non-ortho nitro benzene ring substituents is 1. The van der Waals surface area contributed by atoms with E-state index in [0.717, 1.165) is 4.90 Å². The maximum atomic E-state index is 11.7. The van der Waals surface area contributed by atoms with Crippen molar-refractivity contribution < 1.29 is 24.0 Å². The van der Waals surface area contributed by atoms with Crippen LogP contribution in [0.1, 0.15) is 25.7 Å². The Morgan fingerprint density at radius 1 is 1.12 bits per heavy atom. The van der Waals surface area contributed by atoms with Crippen molar-refractivity contribution in [1.29, 1.82) is 0 Å². The number of hydrogen-bond acceptors (Lipinski definition) is 6. The zero-order valence-corrected chi connectivity index (χ0v) is 12.8. The Balaban J connectivity index is 1.67. The van der Waals surface area contributed by atoms with Crippen LogP contribution in [-0.2, 0) is 14.4 Å². The van der Waals surface area contributed by atoms with Crippen molar-refractivity contribution in [3.05, 3.63) is 46.5 Å². The molecule has 2 amide bonds. The van der Waals surface area contributed by atoms with Crippen LogP contribution in [0.4, 0.5) is 5.69 Å². The minimum Gasteiger partial charge on any atom is -0.426 e. The van der Waals surface area contributed by atoms with E-state index in [4.69, 9.17) is 4.74 Å². The van der Waals surface area contributed by atoms with Gasteiger partial charge in [0.15, 0.2) is 0 Å². The molecule has 1 aromatic carbocycles. The van der Waals surface area contributed by atoms with Crippen LogP contribution in [-0.4, -0.2) is 34.2 Å². The first-order chi connectivity index (χ1) is 11.5. The third kappa shape index (κ3) is 4.73. The molecule has 1 heterocycles. The predicted molar refractivity (Wildman–Crippen MR) is 83.1 cm³/mol. The highest BCUT2D eigenvalue weighted by molar-refractivity contribution is 6.12. The van der Waals surface area contributed by atoms with Crippen LogP contribution < -0.4 is 4.74 Å². The van der Waals surface area contributed by atoms with Gasteiger partial charge >= 0.3 is 5.97 Å². The molecule has 8 nitrogen and oxygen atoms in total. The number of hydrogen-bond donors (Lipinski definition) is 0. The van der Waals surface area contributed by atoms with Gasteiger partial charge in [-0.15, -0.1) is 0 Å². The Bertz CT molecular complexity index is 680. The molecule has 0 fully saturated rings. The van der Waals surface area contributed by atoms with E-state index in [0.29, 0.717) is 25.8 Å². The molecule has 0 aromatic heterocycles. The molecule has 0 N–H and O–H groups in total. The summed E-state index contributed by atoms with van der Waals surface area (Å²) in [5.74, 6) is -0.978. The van der Waals surface area contributed by atoms with Gasteiger partial charge in [-0.3, -0.25) is 29.4 Å². The van der Waals surface area contributed by atoms with Gasteiger partial charge in [0.25, 0.3) is 17.5 Å². The summed E-state index contributed by atoms with van der Waals surface area (Å²) in [6, 6.07) is 5.42. The number of nitrogens with zero attached hydrogens (tertiary/aromatic N) is 2. The fourth-order valence-electron chi connectivity index (χ4n) is 2.21. The Labute approximate surface area is 137 Å². The molecule has 0 spiro atoms. The first-order valence-electron chi connectivity index (χ1n) is 7.46. The molecule has 8 heteroatoms. The molecule has 126 valence electrons. The van der Waals surface area contributed by atoms with Crippen LogP contribution in [0.25, 0.3) is 0 Å². The maximum absolute atomic E-state index is 11.7. The maximum Gasteiger partial charge on any atom is 0.311 e. The van der Waals surface area contributed by atoms with Gasteiger partial charge in [0.1, 0.15) is 5.75 Å². The molecule has 1 aromatic rings. The standard InChI is InChI=1S/C16H16N2O6/c19-14-8-9-15(20)17(14)10-3-1-2-7-16(21)24-13-6-4-5-12(11-13)18(22)23/h4-6,8-9,11H,1-3,7,10H2. The van der Waals surface area contributed by atoms with E-state index >= 15 is 0 Å². The van der Waals surface area contributed by atoms with Crippen molar-refractivity contribution in [3.63, 3.8) is 0 Å². The summed E-state index contributed by atoms with van der Waals surface area (Å²) in [6.07, 6.45) is 4.42. The van der Waals surface area contributed by atoms with Crippen LogP contribution in [0.2, 0.25) is 0 Å². The Hall–Kier alpha value is -3.03. The van der Waals surface area contributed by atoms with E-state index in [9.17, 15) is 24.5 Å². The first-order valence-corrected chi connectivity index (χ1v) is 7.46. The smallest absolute Gasteiger partial charge is 0.311 e. The van der Waals surface area contributed by atoms with Crippen molar-refractivity contribution >= 4 is 23.5 Å². The van der Waals surface area contributed by atoms with Crippen LogP contribution in [0, 0.1) is 10.1 Å². The van der Waals surface area contributed by atoms with Crippen molar-refractivity contribution in [2.45, 2.75) is 25.7 Å². The number of rotatable bonds is 8. The quantitative estimate of drug-likeness (QED) is 0.180. The second-order valence-electron chi connectivity index (χ2n) is 5.20. The minimum absolute atomic E-state index is 0.133. The zero-order valence-electron chi connectivity index (χ0n) is 12.8. The van der Waals surface area contributed by atoms with E-state index in [1.165, 1.54) is 36.4 Å². The van der Waals surface area contributed by atoms with Gasteiger partial charge in [-0.25, -0.2) is 0 Å². The number of esters is 1. The largest absolute Gasteiger partial charge is 0.426 e. The summed E-state index contributed by atoms with van der Waals surface area (Å²) < 4.78 is 5.05. The zero-order chi connectivity index (χ0) is 17.5. The molecule has 0 bridgehead atoms. The Kier molecular flexibility index (Phi) is 5.78. The summed E-state index contributed by atoms with van der Waals surface area (Å²) in [6.45, 7) is 0.324. The lowest BCUT2D eigenvalue weighted by molar-refractivity contribution is -0.384. The Morgan fingerprint density at radius 3 is 2.50 bits per heavy atom. The first kappa shape index (κ1) is 17.3. The lowest BCUT2D eigenvalue weighted by Gasteiger charge is -2.12. The molecule has 0 saturated carbocycles. The van der Waals surface area contributed by atoms with Gasteiger partial charge in [0.05, 0.1) is 11.0 Å². The third-order valence-corrected chi connectivity index (χ3v) is 3.42. The third-order valence-electron chi connectivity index (χ3n) is 3.42. The fourth-order valence-corrected chi connectivity index (χ4v) is 2.21. The van der Waals surface area contributed by atoms with Crippen molar-refractivity contribution in [1.82, 2.24) is 4.90 Å². The second kappa shape index (κ2) is 8.00. The number of nitro groups is 1. The molecular formula is C16H16N2O6. The van der Waals surface area contributed by atoms with E-state index in [-0.39, 0.29) is 29.7 Å². The van der Waals surface area contributed by atoms with Crippen molar-refractivity contribution in [2.24, 2.45) is 0 Å². The highest BCUT2D eigenvalue weighted by Gasteiger charge is 2.22.